The van der Waals surface area contributed by atoms with Crippen LogP contribution >= 0.6 is 0 Å². The molecular formula is C17H22O3. The highest BCUT2D eigenvalue weighted by Gasteiger charge is 2.18. The predicted octanol–water partition coefficient (Wildman–Crippen LogP) is 3.56. The van der Waals surface area contributed by atoms with Gasteiger partial charge in [-0.2, -0.15) is 0 Å². The van der Waals surface area contributed by atoms with Gasteiger partial charge in [0.25, 0.3) is 0 Å². The van der Waals surface area contributed by atoms with Gasteiger partial charge in [-0.3, -0.25) is 9.59 Å². The second-order valence-corrected chi connectivity index (χ2v) is 5.75. The van der Waals surface area contributed by atoms with Crippen LogP contribution in [0.2, 0.25) is 0 Å². The summed E-state index contributed by atoms with van der Waals surface area (Å²) in [5, 5.41) is 0. The summed E-state index contributed by atoms with van der Waals surface area (Å²) in [5.74, 6) is -0.550. The second kappa shape index (κ2) is 7.04. The van der Waals surface area contributed by atoms with Crippen molar-refractivity contribution in [2.75, 3.05) is 0 Å². The van der Waals surface area contributed by atoms with Crippen molar-refractivity contribution < 1.29 is 14.3 Å². The Labute approximate surface area is 120 Å². The van der Waals surface area contributed by atoms with Crippen LogP contribution in [0.5, 0.6) is 0 Å². The number of ether oxygens (including phenoxy) is 1. The summed E-state index contributed by atoms with van der Waals surface area (Å²) in [7, 11) is 0. The Morgan fingerprint density at radius 3 is 2.60 bits per heavy atom. The Balaban J connectivity index is 2.43. The Bertz CT molecular complexity index is 495. The molecule has 0 atom stereocenters. The van der Waals surface area contributed by atoms with Crippen LogP contribution in [-0.4, -0.2) is 17.4 Å². The molecule has 3 heteroatoms. The molecule has 0 bridgehead atoms. The first-order valence-corrected chi connectivity index (χ1v) is 6.75. The lowest BCUT2D eigenvalue weighted by Crippen LogP contribution is -2.25. The van der Waals surface area contributed by atoms with Gasteiger partial charge >= 0.3 is 5.97 Å². The molecule has 0 unspecified atom stereocenters. The van der Waals surface area contributed by atoms with E-state index in [2.05, 4.69) is 6.58 Å². The normalized spacial score (nSPS) is 10.9. The van der Waals surface area contributed by atoms with Gasteiger partial charge in [-0.25, -0.2) is 0 Å². The Morgan fingerprint density at radius 2 is 2.00 bits per heavy atom. The van der Waals surface area contributed by atoms with Crippen LogP contribution in [0.4, 0.5) is 0 Å². The molecule has 0 amide bonds. The standard InChI is InChI=1S/C17H22O3/c1-5-13-7-6-8-14(11-13)9-10-15(18)12-16(19)20-17(2,3)4/h5-8,11H,1,9-10,12H2,2-4H3. The summed E-state index contributed by atoms with van der Waals surface area (Å²) in [6, 6.07) is 7.85. The van der Waals surface area contributed by atoms with E-state index in [1.807, 2.05) is 24.3 Å². The molecule has 1 aromatic carbocycles. The number of carbonyl (C=O) groups excluding carboxylic acids is 2. The van der Waals surface area contributed by atoms with Crippen LogP contribution in [0.15, 0.2) is 30.8 Å². The number of rotatable bonds is 6. The third-order valence-electron chi connectivity index (χ3n) is 2.64. The van der Waals surface area contributed by atoms with Crippen molar-refractivity contribution in [1.29, 1.82) is 0 Å². The predicted molar refractivity (Wildman–Crippen MR) is 80.3 cm³/mol. The zero-order valence-electron chi connectivity index (χ0n) is 12.4. The molecule has 0 aliphatic rings. The van der Waals surface area contributed by atoms with Crippen LogP contribution < -0.4 is 0 Å². The number of carbonyl (C=O) groups is 2. The Hall–Kier alpha value is -1.90. The van der Waals surface area contributed by atoms with E-state index in [-0.39, 0.29) is 12.2 Å². The molecule has 1 rings (SSSR count). The van der Waals surface area contributed by atoms with E-state index in [1.54, 1.807) is 26.8 Å². The van der Waals surface area contributed by atoms with E-state index < -0.39 is 11.6 Å². The van der Waals surface area contributed by atoms with Gasteiger partial charge in [0, 0.05) is 6.42 Å². The molecule has 0 aromatic heterocycles. The molecular weight excluding hydrogens is 252 g/mol. The third kappa shape index (κ3) is 6.32. The van der Waals surface area contributed by atoms with E-state index in [4.69, 9.17) is 4.74 Å². The van der Waals surface area contributed by atoms with Gasteiger partial charge in [-0.15, -0.1) is 0 Å². The van der Waals surface area contributed by atoms with E-state index in [1.165, 1.54) is 0 Å². The highest BCUT2D eigenvalue weighted by atomic mass is 16.6. The topological polar surface area (TPSA) is 43.4 Å². The van der Waals surface area contributed by atoms with Gasteiger partial charge in [0.15, 0.2) is 0 Å². The number of ketones is 1. The third-order valence-corrected chi connectivity index (χ3v) is 2.64. The van der Waals surface area contributed by atoms with Crippen molar-refractivity contribution in [2.45, 2.75) is 45.6 Å². The molecule has 1 aromatic rings. The summed E-state index contributed by atoms with van der Waals surface area (Å²) < 4.78 is 5.12. The SMILES string of the molecule is C=Cc1cccc(CCC(=O)CC(=O)OC(C)(C)C)c1. The molecule has 108 valence electrons. The largest absolute Gasteiger partial charge is 0.460 e. The number of Topliss-reactive ketones (excluding diaryl/α,β-unsaturated/α-hetero) is 1. The summed E-state index contributed by atoms with van der Waals surface area (Å²) in [6.45, 7) is 9.08. The first-order valence-electron chi connectivity index (χ1n) is 6.75. The Kier molecular flexibility index (Phi) is 5.68. The fraction of sp³-hybridized carbons (Fsp3) is 0.412. The lowest BCUT2D eigenvalue weighted by atomic mass is 10.0. The molecule has 20 heavy (non-hydrogen) atoms. The number of esters is 1. The zero-order chi connectivity index (χ0) is 15.2. The lowest BCUT2D eigenvalue weighted by molar-refractivity contribution is -0.156. The van der Waals surface area contributed by atoms with Gasteiger partial charge in [0.05, 0.1) is 0 Å². The van der Waals surface area contributed by atoms with Gasteiger partial charge < -0.3 is 4.74 Å². The van der Waals surface area contributed by atoms with E-state index >= 15 is 0 Å². The minimum absolute atomic E-state index is 0.0942. The monoisotopic (exact) mass is 274 g/mol. The first kappa shape index (κ1) is 16.2. The maximum Gasteiger partial charge on any atom is 0.313 e. The number of aryl methyl sites for hydroxylation is 1. The van der Waals surface area contributed by atoms with Crippen LogP contribution in [0.25, 0.3) is 6.08 Å². The minimum atomic E-state index is -0.546. The fourth-order valence-corrected chi connectivity index (χ4v) is 1.79. The van der Waals surface area contributed by atoms with Crippen LogP contribution in [0.3, 0.4) is 0 Å². The van der Waals surface area contributed by atoms with Crippen molar-refractivity contribution >= 4 is 17.8 Å². The van der Waals surface area contributed by atoms with Gasteiger partial charge in [0.1, 0.15) is 17.8 Å². The maximum atomic E-state index is 11.7. The number of hydrogen-bond donors (Lipinski definition) is 0. The van der Waals surface area contributed by atoms with Crippen LogP contribution in [-0.2, 0) is 20.7 Å². The molecule has 0 saturated heterocycles. The smallest absolute Gasteiger partial charge is 0.313 e. The van der Waals surface area contributed by atoms with E-state index in [9.17, 15) is 9.59 Å². The Morgan fingerprint density at radius 1 is 1.30 bits per heavy atom. The average molecular weight is 274 g/mol. The van der Waals surface area contributed by atoms with Crippen molar-refractivity contribution in [2.24, 2.45) is 0 Å². The average Bonchev–Trinajstić information content (AvgIpc) is 2.34. The van der Waals surface area contributed by atoms with Gasteiger partial charge in [-0.05, 0) is 38.3 Å². The highest BCUT2D eigenvalue weighted by Crippen LogP contribution is 2.11. The van der Waals surface area contributed by atoms with Crippen molar-refractivity contribution in [3.8, 4) is 0 Å². The number of hydrogen-bond acceptors (Lipinski definition) is 3. The molecule has 0 spiro atoms. The molecule has 0 N–H and O–H groups in total. The molecule has 0 fully saturated rings. The summed E-state index contributed by atoms with van der Waals surface area (Å²) in [5.41, 5.74) is 1.55. The molecule has 0 radical (unpaired) electrons. The van der Waals surface area contributed by atoms with Crippen molar-refractivity contribution in [1.82, 2.24) is 0 Å². The summed E-state index contributed by atoms with van der Waals surface area (Å²) >= 11 is 0. The molecule has 0 saturated carbocycles. The van der Waals surface area contributed by atoms with E-state index in [0.29, 0.717) is 12.8 Å². The van der Waals surface area contributed by atoms with Gasteiger partial charge in [-0.1, -0.05) is 36.9 Å². The van der Waals surface area contributed by atoms with Crippen LogP contribution in [0, 0.1) is 0 Å². The minimum Gasteiger partial charge on any atom is -0.460 e. The quantitative estimate of drug-likeness (QED) is 0.588. The van der Waals surface area contributed by atoms with Crippen molar-refractivity contribution in [3.05, 3.63) is 42.0 Å². The maximum absolute atomic E-state index is 11.7. The van der Waals surface area contributed by atoms with Crippen molar-refractivity contribution in [3.63, 3.8) is 0 Å². The summed E-state index contributed by atoms with van der Waals surface area (Å²) in [6.07, 6.45) is 2.59. The summed E-state index contributed by atoms with van der Waals surface area (Å²) in [4.78, 5) is 23.3. The lowest BCUT2D eigenvalue weighted by Gasteiger charge is -2.19. The molecule has 0 heterocycles. The van der Waals surface area contributed by atoms with E-state index in [0.717, 1.165) is 11.1 Å². The molecule has 0 aliphatic carbocycles. The highest BCUT2D eigenvalue weighted by molar-refractivity contribution is 5.95. The number of benzene rings is 1. The molecule has 3 nitrogen and oxygen atoms in total. The zero-order valence-corrected chi connectivity index (χ0v) is 12.4. The van der Waals surface area contributed by atoms with Gasteiger partial charge in [0.2, 0.25) is 0 Å². The fourth-order valence-electron chi connectivity index (χ4n) is 1.79. The second-order valence-electron chi connectivity index (χ2n) is 5.75. The molecule has 0 aliphatic heterocycles. The first-order chi connectivity index (χ1) is 9.30. The van der Waals surface area contributed by atoms with Crippen LogP contribution in [0.1, 0.15) is 44.7 Å².